The molecule has 2 rings (SSSR count). The number of aryl methyl sites for hydroxylation is 2. The van der Waals surface area contributed by atoms with Crippen molar-refractivity contribution in [3.05, 3.63) is 65.0 Å². The summed E-state index contributed by atoms with van der Waals surface area (Å²) in [5.41, 5.74) is 2.74. The van der Waals surface area contributed by atoms with Gasteiger partial charge in [0.15, 0.2) is 0 Å². The van der Waals surface area contributed by atoms with Gasteiger partial charge in [-0.2, -0.15) is 0 Å². The SMILES string of the molecule is CCCCNC(=O)[C@@H](C)N(Cc1ccccc1F)C(=O)CCCN(c1cc(C)cc(C)c1)S(C)(=O)=O. The topological polar surface area (TPSA) is 86.8 Å². The number of anilines is 1. The number of sulfonamides is 1. The second kappa shape index (κ2) is 13.4. The maximum absolute atomic E-state index is 14.4. The Morgan fingerprint density at radius 3 is 2.28 bits per heavy atom. The molecular weight excluding hydrogens is 481 g/mol. The molecule has 0 saturated carbocycles. The number of carbonyl (C=O) groups excluding carboxylic acids is 2. The third kappa shape index (κ3) is 8.62. The van der Waals surface area contributed by atoms with Gasteiger partial charge in [-0.05, 0) is 62.9 Å². The van der Waals surface area contributed by atoms with E-state index in [2.05, 4.69) is 5.32 Å². The van der Waals surface area contributed by atoms with Crippen LogP contribution in [0, 0.1) is 19.7 Å². The maximum atomic E-state index is 14.4. The lowest BCUT2D eigenvalue weighted by Gasteiger charge is -2.29. The van der Waals surface area contributed by atoms with Gasteiger partial charge in [-0.25, -0.2) is 12.8 Å². The van der Waals surface area contributed by atoms with Crippen LogP contribution in [-0.4, -0.2) is 50.5 Å². The van der Waals surface area contributed by atoms with E-state index >= 15 is 0 Å². The predicted octanol–water partition coefficient (Wildman–Crippen LogP) is 4.32. The molecule has 0 saturated heterocycles. The number of nitrogens with zero attached hydrogens (tertiary/aromatic N) is 2. The van der Waals surface area contributed by atoms with Crippen molar-refractivity contribution in [1.29, 1.82) is 0 Å². The molecule has 0 aliphatic rings. The predicted molar refractivity (Wildman–Crippen MR) is 142 cm³/mol. The monoisotopic (exact) mass is 519 g/mol. The molecule has 0 radical (unpaired) electrons. The molecule has 1 atom stereocenters. The van der Waals surface area contributed by atoms with Crippen LogP contribution in [-0.2, 0) is 26.2 Å². The lowest BCUT2D eigenvalue weighted by atomic mass is 10.1. The van der Waals surface area contributed by atoms with Crippen molar-refractivity contribution in [3.63, 3.8) is 0 Å². The Labute approximate surface area is 214 Å². The zero-order valence-corrected chi connectivity index (χ0v) is 22.7. The number of hydrogen-bond donors (Lipinski definition) is 1. The highest BCUT2D eigenvalue weighted by Gasteiger charge is 2.27. The summed E-state index contributed by atoms with van der Waals surface area (Å²) in [4.78, 5) is 27.3. The number of nitrogens with one attached hydrogen (secondary N) is 1. The molecule has 0 spiro atoms. The van der Waals surface area contributed by atoms with Gasteiger partial charge in [-0.3, -0.25) is 13.9 Å². The molecule has 0 unspecified atom stereocenters. The fraction of sp³-hybridized carbons (Fsp3) is 0.481. The zero-order valence-electron chi connectivity index (χ0n) is 21.9. The minimum absolute atomic E-state index is 0.0118. The summed E-state index contributed by atoms with van der Waals surface area (Å²) in [5.74, 6) is -1.10. The average molecular weight is 520 g/mol. The van der Waals surface area contributed by atoms with Gasteiger partial charge in [0.1, 0.15) is 11.9 Å². The summed E-state index contributed by atoms with van der Waals surface area (Å²) in [6.07, 6.45) is 3.14. The molecule has 0 aliphatic carbocycles. The second-order valence-electron chi connectivity index (χ2n) is 9.22. The Balaban J connectivity index is 2.18. The minimum atomic E-state index is -3.57. The van der Waals surface area contributed by atoms with Crippen LogP contribution < -0.4 is 9.62 Å². The van der Waals surface area contributed by atoms with Gasteiger partial charge < -0.3 is 10.2 Å². The van der Waals surface area contributed by atoms with Gasteiger partial charge in [-0.15, -0.1) is 0 Å². The summed E-state index contributed by atoms with van der Waals surface area (Å²) in [7, 11) is -3.57. The summed E-state index contributed by atoms with van der Waals surface area (Å²) < 4.78 is 40.7. The van der Waals surface area contributed by atoms with E-state index in [1.807, 2.05) is 26.8 Å². The molecule has 36 heavy (non-hydrogen) atoms. The first kappa shape index (κ1) is 29.3. The fourth-order valence-electron chi connectivity index (χ4n) is 4.03. The summed E-state index contributed by atoms with van der Waals surface area (Å²) in [5, 5.41) is 2.83. The molecule has 1 N–H and O–H groups in total. The number of hydrogen-bond acceptors (Lipinski definition) is 4. The number of carbonyl (C=O) groups is 2. The molecule has 2 aromatic rings. The highest BCUT2D eigenvalue weighted by Crippen LogP contribution is 2.22. The Kier molecular flexibility index (Phi) is 10.9. The molecular formula is C27H38FN3O4S. The largest absolute Gasteiger partial charge is 0.354 e. The zero-order chi connectivity index (χ0) is 26.9. The lowest BCUT2D eigenvalue weighted by Crippen LogP contribution is -2.48. The molecule has 0 bridgehead atoms. The minimum Gasteiger partial charge on any atom is -0.354 e. The first-order valence-electron chi connectivity index (χ1n) is 12.3. The summed E-state index contributed by atoms with van der Waals surface area (Å²) in [6, 6.07) is 10.9. The van der Waals surface area contributed by atoms with E-state index in [9.17, 15) is 22.4 Å². The van der Waals surface area contributed by atoms with Crippen LogP contribution in [0.1, 0.15) is 56.2 Å². The number of unbranched alkanes of at least 4 members (excludes halogenated alkanes) is 1. The quantitative estimate of drug-likeness (QED) is 0.399. The number of amides is 2. The highest BCUT2D eigenvalue weighted by molar-refractivity contribution is 7.92. The molecule has 9 heteroatoms. The van der Waals surface area contributed by atoms with Crippen molar-refractivity contribution in [2.45, 2.75) is 66.0 Å². The van der Waals surface area contributed by atoms with Gasteiger partial charge >= 0.3 is 0 Å². The highest BCUT2D eigenvalue weighted by atomic mass is 32.2. The third-order valence-electron chi connectivity index (χ3n) is 5.94. The van der Waals surface area contributed by atoms with Crippen LogP contribution in [0.2, 0.25) is 0 Å². The van der Waals surface area contributed by atoms with E-state index in [0.717, 1.165) is 30.2 Å². The van der Waals surface area contributed by atoms with E-state index in [4.69, 9.17) is 0 Å². The Morgan fingerprint density at radius 2 is 1.69 bits per heavy atom. The molecule has 2 amide bonds. The van der Waals surface area contributed by atoms with Gasteiger partial charge in [0.2, 0.25) is 21.8 Å². The van der Waals surface area contributed by atoms with Crippen LogP contribution in [0.3, 0.4) is 0 Å². The number of rotatable bonds is 13. The van der Waals surface area contributed by atoms with E-state index in [-0.39, 0.29) is 37.7 Å². The van der Waals surface area contributed by atoms with Crippen LogP contribution in [0.5, 0.6) is 0 Å². The Morgan fingerprint density at radius 1 is 1.06 bits per heavy atom. The lowest BCUT2D eigenvalue weighted by molar-refractivity contribution is -0.140. The van der Waals surface area contributed by atoms with Crippen molar-refractivity contribution in [3.8, 4) is 0 Å². The normalized spacial score (nSPS) is 12.2. The Bertz CT molecular complexity index is 1130. The third-order valence-corrected chi connectivity index (χ3v) is 7.14. The van der Waals surface area contributed by atoms with Crippen molar-refractivity contribution in [2.75, 3.05) is 23.7 Å². The number of benzene rings is 2. The number of halogens is 1. The summed E-state index contributed by atoms with van der Waals surface area (Å²) >= 11 is 0. The van der Waals surface area contributed by atoms with E-state index in [1.54, 1.807) is 37.3 Å². The molecule has 198 valence electrons. The molecule has 2 aromatic carbocycles. The van der Waals surface area contributed by atoms with E-state index in [0.29, 0.717) is 17.8 Å². The van der Waals surface area contributed by atoms with Crippen LogP contribution in [0.4, 0.5) is 10.1 Å². The van der Waals surface area contributed by atoms with E-state index < -0.39 is 21.9 Å². The molecule has 0 aromatic heterocycles. The van der Waals surface area contributed by atoms with Gasteiger partial charge in [0.05, 0.1) is 11.9 Å². The van der Waals surface area contributed by atoms with Gasteiger partial charge in [-0.1, -0.05) is 37.6 Å². The van der Waals surface area contributed by atoms with Gasteiger partial charge in [0, 0.05) is 31.6 Å². The van der Waals surface area contributed by atoms with Gasteiger partial charge in [0.25, 0.3) is 0 Å². The first-order valence-corrected chi connectivity index (χ1v) is 14.2. The van der Waals surface area contributed by atoms with E-state index in [1.165, 1.54) is 15.3 Å². The van der Waals surface area contributed by atoms with Crippen LogP contribution in [0.15, 0.2) is 42.5 Å². The first-order chi connectivity index (χ1) is 16.9. The summed E-state index contributed by atoms with van der Waals surface area (Å²) in [6.45, 7) is 7.99. The van der Waals surface area contributed by atoms with Crippen LogP contribution >= 0.6 is 0 Å². The van der Waals surface area contributed by atoms with Crippen molar-refractivity contribution >= 4 is 27.5 Å². The van der Waals surface area contributed by atoms with Crippen molar-refractivity contribution in [2.24, 2.45) is 0 Å². The Hall–Kier alpha value is -2.94. The fourth-order valence-corrected chi connectivity index (χ4v) is 4.98. The molecule has 0 aliphatic heterocycles. The molecule has 0 fully saturated rings. The standard InChI is InChI=1S/C27H38FN3O4S/c1-6-7-14-29-27(33)22(4)30(19-23-11-8-9-12-25(23)28)26(32)13-10-15-31(36(5,34)35)24-17-20(2)16-21(3)18-24/h8-9,11-12,16-18,22H,6-7,10,13-15,19H2,1-5H3,(H,29,33)/t22-/m1/s1. The van der Waals surface area contributed by atoms with Crippen LogP contribution in [0.25, 0.3) is 0 Å². The molecule has 0 heterocycles. The maximum Gasteiger partial charge on any atom is 0.242 e. The second-order valence-corrected chi connectivity index (χ2v) is 11.1. The average Bonchev–Trinajstić information content (AvgIpc) is 2.79. The van der Waals surface area contributed by atoms with Crippen molar-refractivity contribution in [1.82, 2.24) is 10.2 Å². The van der Waals surface area contributed by atoms with Crippen molar-refractivity contribution < 1.29 is 22.4 Å². The smallest absolute Gasteiger partial charge is 0.242 e. The molecule has 7 nitrogen and oxygen atoms in total.